The molecule has 1 fully saturated rings. The molecule has 0 atom stereocenters. The third-order valence-electron chi connectivity index (χ3n) is 4.57. The molecule has 6 heteroatoms. The summed E-state index contributed by atoms with van der Waals surface area (Å²) in [6, 6.07) is 15.6. The van der Waals surface area contributed by atoms with E-state index in [0.29, 0.717) is 11.4 Å². The normalized spacial score (nSPS) is 14.8. The highest BCUT2D eigenvalue weighted by Gasteiger charge is 2.14. The Hall–Kier alpha value is -2.73. The van der Waals surface area contributed by atoms with E-state index >= 15 is 0 Å². The van der Waals surface area contributed by atoms with Crippen LogP contribution in [0.15, 0.2) is 48.5 Å². The third kappa shape index (κ3) is 4.67. The Morgan fingerprint density at radius 3 is 2.42 bits per heavy atom. The molecule has 0 radical (unpaired) electrons. The van der Waals surface area contributed by atoms with Crippen molar-refractivity contribution in [3.8, 4) is 5.75 Å². The van der Waals surface area contributed by atoms with E-state index in [0.717, 1.165) is 31.9 Å². The van der Waals surface area contributed by atoms with Crippen molar-refractivity contribution in [2.45, 2.75) is 0 Å². The lowest BCUT2D eigenvalue weighted by molar-refractivity contribution is -0.114. The number of hydrogen-bond acceptors (Lipinski definition) is 5. The fraction of sp³-hybridized carbons (Fsp3) is 0.350. The van der Waals surface area contributed by atoms with Crippen molar-refractivity contribution in [3.05, 3.63) is 48.5 Å². The lowest BCUT2D eigenvalue weighted by Crippen LogP contribution is -2.44. The summed E-state index contributed by atoms with van der Waals surface area (Å²) in [5.41, 5.74) is 2.83. The molecule has 1 heterocycles. The summed E-state index contributed by atoms with van der Waals surface area (Å²) < 4.78 is 5.24. The number of piperazine rings is 1. The molecule has 138 valence electrons. The molecule has 3 rings (SSSR count). The van der Waals surface area contributed by atoms with Gasteiger partial charge in [-0.2, -0.15) is 0 Å². The van der Waals surface area contributed by atoms with Crippen molar-refractivity contribution < 1.29 is 9.53 Å². The van der Waals surface area contributed by atoms with Crippen molar-refractivity contribution in [3.63, 3.8) is 0 Å². The maximum atomic E-state index is 12.2. The minimum Gasteiger partial charge on any atom is -0.495 e. The molecule has 2 N–H and O–H groups in total. The van der Waals surface area contributed by atoms with E-state index in [2.05, 4.69) is 39.6 Å². The topological polar surface area (TPSA) is 56.8 Å². The molecule has 1 saturated heterocycles. The molecular weight excluding hydrogens is 328 g/mol. The first-order valence-electron chi connectivity index (χ1n) is 8.86. The summed E-state index contributed by atoms with van der Waals surface area (Å²) in [6.07, 6.45) is 0. The number of anilines is 3. The first kappa shape index (κ1) is 18.1. The number of nitrogens with one attached hydrogen (secondary N) is 2. The minimum atomic E-state index is -0.113. The number of rotatable bonds is 6. The molecule has 0 unspecified atom stereocenters. The Balaban J connectivity index is 1.50. The number of amides is 1. The zero-order chi connectivity index (χ0) is 18.4. The third-order valence-corrected chi connectivity index (χ3v) is 4.57. The number of likely N-dealkylation sites (N-methyl/N-ethyl adjacent to an activating group) is 1. The number of benzene rings is 2. The van der Waals surface area contributed by atoms with Crippen LogP contribution in [0.5, 0.6) is 5.75 Å². The summed E-state index contributed by atoms with van der Waals surface area (Å²) in [6.45, 7) is 4.47. The molecule has 2 aromatic carbocycles. The van der Waals surface area contributed by atoms with Gasteiger partial charge in [0.2, 0.25) is 5.91 Å². The van der Waals surface area contributed by atoms with Gasteiger partial charge >= 0.3 is 0 Å². The van der Waals surface area contributed by atoms with Gasteiger partial charge in [0.15, 0.2) is 0 Å². The molecule has 26 heavy (non-hydrogen) atoms. The number of carbonyl (C=O) groups is 1. The van der Waals surface area contributed by atoms with Crippen LogP contribution >= 0.6 is 0 Å². The maximum Gasteiger partial charge on any atom is 0.243 e. The molecular formula is C20H26N4O2. The van der Waals surface area contributed by atoms with Crippen LogP contribution in [0.4, 0.5) is 17.1 Å². The summed E-state index contributed by atoms with van der Waals surface area (Å²) in [4.78, 5) is 16.9. The molecule has 0 spiro atoms. The van der Waals surface area contributed by atoms with Crippen LogP contribution in [0.2, 0.25) is 0 Å². The maximum absolute atomic E-state index is 12.2. The summed E-state index contributed by atoms with van der Waals surface area (Å²) in [5, 5.41) is 6.02. The highest BCUT2D eigenvalue weighted by molar-refractivity contribution is 5.95. The monoisotopic (exact) mass is 354 g/mol. The quantitative estimate of drug-likeness (QED) is 0.835. The molecule has 0 bridgehead atoms. The van der Waals surface area contributed by atoms with Gasteiger partial charge in [-0.15, -0.1) is 0 Å². The zero-order valence-electron chi connectivity index (χ0n) is 15.4. The molecule has 1 aliphatic rings. The first-order valence-corrected chi connectivity index (χ1v) is 8.86. The van der Waals surface area contributed by atoms with Crippen molar-refractivity contribution in [2.24, 2.45) is 0 Å². The van der Waals surface area contributed by atoms with Crippen LogP contribution in [-0.4, -0.2) is 57.7 Å². The molecule has 1 aliphatic heterocycles. The van der Waals surface area contributed by atoms with E-state index in [1.807, 2.05) is 36.4 Å². The van der Waals surface area contributed by atoms with E-state index in [1.54, 1.807) is 7.11 Å². The fourth-order valence-corrected chi connectivity index (χ4v) is 2.98. The van der Waals surface area contributed by atoms with E-state index in [1.165, 1.54) is 5.69 Å². The van der Waals surface area contributed by atoms with Gasteiger partial charge in [-0.3, -0.25) is 4.79 Å². The predicted molar refractivity (Wildman–Crippen MR) is 106 cm³/mol. The average Bonchev–Trinajstić information content (AvgIpc) is 2.68. The number of nitrogens with zero attached hydrogens (tertiary/aromatic N) is 2. The second-order valence-corrected chi connectivity index (χ2v) is 6.44. The number of para-hydroxylation sites is 2. The standard InChI is InChI=1S/C20H26N4O2/c1-23-11-13-24(14-12-23)17-9-7-16(8-10-17)21-15-20(25)22-18-5-3-4-6-19(18)26-2/h3-10,21H,11-15H2,1-2H3,(H,22,25). The lowest BCUT2D eigenvalue weighted by Gasteiger charge is -2.34. The van der Waals surface area contributed by atoms with Gasteiger partial charge in [-0.05, 0) is 43.4 Å². The van der Waals surface area contributed by atoms with E-state index in [-0.39, 0.29) is 12.5 Å². The highest BCUT2D eigenvalue weighted by atomic mass is 16.5. The first-order chi connectivity index (χ1) is 12.7. The Bertz CT molecular complexity index is 725. The second-order valence-electron chi connectivity index (χ2n) is 6.44. The molecule has 2 aromatic rings. The van der Waals surface area contributed by atoms with Crippen LogP contribution < -0.4 is 20.3 Å². The van der Waals surface area contributed by atoms with Crippen LogP contribution in [-0.2, 0) is 4.79 Å². The molecule has 1 amide bonds. The van der Waals surface area contributed by atoms with Crippen LogP contribution in [0, 0.1) is 0 Å². The van der Waals surface area contributed by atoms with Crippen molar-refractivity contribution >= 4 is 23.0 Å². The van der Waals surface area contributed by atoms with Crippen LogP contribution in [0.1, 0.15) is 0 Å². The molecule has 6 nitrogen and oxygen atoms in total. The van der Waals surface area contributed by atoms with Gasteiger partial charge in [0.1, 0.15) is 5.75 Å². The number of ether oxygens (including phenoxy) is 1. The molecule has 0 saturated carbocycles. The summed E-state index contributed by atoms with van der Waals surface area (Å²) in [7, 11) is 3.74. The molecule has 0 aromatic heterocycles. The molecule has 0 aliphatic carbocycles. The van der Waals surface area contributed by atoms with Gasteiger partial charge in [0.25, 0.3) is 0 Å². The van der Waals surface area contributed by atoms with Crippen LogP contribution in [0.3, 0.4) is 0 Å². The number of methoxy groups -OCH3 is 1. The largest absolute Gasteiger partial charge is 0.495 e. The Kier molecular flexibility index (Phi) is 5.96. The summed E-state index contributed by atoms with van der Waals surface area (Å²) >= 11 is 0. The van der Waals surface area contributed by atoms with Crippen LogP contribution in [0.25, 0.3) is 0 Å². The average molecular weight is 354 g/mol. The summed E-state index contributed by atoms with van der Waals surface area (Å²) in [5.74, 6) is 0.537. The number of hydrogen-bond donors (Lipinski definition) is 2. The van der Waals surface area contributed by atoms with Crippen molar-refractivity contribution in [2.75, 3.05) is 62.4 Å². The Labute approximate surface area is 154 Å². The fourth-order valence-electron chi connectivity index (χ4n) is 2.98. The van der Waals surface area contributed by atoms with E-state index in [9.17, 15) is 4.79 Å². The zero-order valence-corrected chi connectivity index (χ0v) is 15.4. The van der Waals surface area contributed by atoms with E-state index in [4.69, 9.17) is 4.74 Å². The lowest BCUT2D eigenvalue weighted by atomic mass is 10.2. The SMILES string of the molecule is COc1ccccc1NC(=O)CNc1ccc(N2CCN(C)CC2)cc1. The number of carbonyl (C=O) groups excluding carboxylic acids is 1. The van der Waals surface area contributed by atoms with Gasteiger partial charge in [0.05, 0.1) is 19.3 Å². The predicted octanol–water partition coefficient (Wildman–Crippen LogP) is 2.50. The smallest absolute Gasteiger partial charge is 0.243 e. The minimum absolute atomic E-state index is 0.113. The highest BCUT2D eigenvalue weighted by Crippen LogP contribution is 2.23. The van der Waals surface area contributed by atoms with Gasteiger partial charge in [-0.25, -0.2) is 0 Å². The van der Waals surface area contributed by atoms with Gasteiger partial charge < -0.3 is 25.2 Å². The Morgan fingerprint density at radius 2 is 1.73 bits per heavy atom. The van der Waals surface area contributed by atoms with Gasteiger partial charge in [-0.1, -0.05) is 12.1 Å². The second kappa shape index (κ2) is 8.58. The van der Waals surface area contributed by atoms with Crippen molar-refractivity contribution in [1.82, 2.24) is 4.90 Å². The van der Waals surface area contributed by atoms with E-state index < -0.39 is 0 Å². The Morgan fingerprint density at radius 1 is 1.04 bits per heavy atom. The van der Waals surface area contributed by atoms with Crippen molar-refractivity contribution in [1.29, 1.82) is 0 Å². The van der Waals surface area contributed by atoms with Gasteiger partial charge in [0, 0.05) is 37.6 Å².